The second kappa shape index (κ2) is 7.88. The Morgan fingerprint density at radius 2 is 1.92 bits per heavy atom. The zero-order valence-corrected chi connectivity index (χ0v) is 15.5. The van der Waals surface area contributed by atoms with Crippen molar-refractivity contribution in [1.29, 1.82) is 0 Å². The van der Waals surface area contributed by atoms with Gasteiger partial charge in [-0.2, -0.15) is 0 Å². The monoisotopic (exact) mass is 373 g/mol. The molecule has 1 saturated heterocycles. The smallest absolute Gasteiger partial charge is 0.261 e. The first-order valence-corrected chi connectivity index (χ1v) is 10.1. The van der Waals surface area contributed by atoms with Crippen LogP contribution in [-0.2, 0) is 10.0 Å². The minimum Gasteiger partial charge on any atom is -0.334 e. The summed E-state index contributed by atoms with van der Waals surface area (Å²) in [6.45, 7) is 1.48. The third kappa shape index (κ3) is 4.05. The fraction of sp³-hybridized carbons (Fsp3) is 0.316. The third-order valence-electron chi connectivity index (χ3n) is 4.49. The molecule has 1 aliphatic rings. The fourth-order valence-electron chi connectivity index (χ4n) is 3.25. The molecular weight excluding hydrogens is 350 g/mol. The van der Waals surface area contributed by atoms with Crippen LogP contribution in [0.2, 0.25) is 0 Å². The molecule has 1 amide bonds. The van der Waals surface area contributed by atoms with E-state index in [1.54, 1.807) is 42.5 Å². The van der Waals surface area contributed by atoms with E-state index in [9.17, 15) is 13.2 Å². The van der Waals surface area contributed by atoms with Crippen molar-refractivity contribution in [1.82, 2.24) is 10.2 Å². The molecule has 2 aromatic carbocycles. The summed E-state index contributed by atoms with van der Waals surface area (Å²) in [5.41, 5.74) is 0.866. The van der Waals surface area contributed by atoms with Crippen LogP contribution < -0.4 is 10.0 Å². The Hall–Kier alpha value is -2.38. The lowest BCUT2D eigenvalue weighted by Crippen LogP contribution is -2.40. The van der Waals surface area contributed by atoms with Crippen molar-refractivity contribution in [3.63, 3.8) is 0 Å². The van der Waals surface area contributed by atoms with Gasteiger partial charge >= 0.3 is 0 Å². The Labute approximate surface area is 154 Å². The van der Waals surface area contributed by atoms with Crippen LogP contribution in [0.4, 0.5) is 5.69 Å². The molecule has 0 bridgehead atoms. The fourth-order valence-corrected chi connectivity index (χ4v) is 4.32. The van der Waals surface area contributed by atoms with Gasteiger partial charge < -0.3 is 10.2 Å². The molecule has 1 aliphatic heterocycles. The second-order valence-corrected chi connectivity index (χ2v) is 8.03. The summed E-state index contributed by atoms with van der Waals surface area (Å²) in [5.74, 6) is -0.0662. The van der Waals surface area contributed by atoms with Crippen molar-refractivity contribution in [3.8, 4) is 0 Å². The number of hydrogen-bond acceptors (Lipinski definition) is 4. The summed E-state index contributed by atoms with van der Waals surface area (Å²) < 4.78 is 27.5. The molecule has 6 nitrogen and oxygen atoms in total. The Bertz CT molecular complexity index is 869. The number of nitrogens with one attached hydrogen (secondary N) is 2. The molecule has 0 spiro atoms. The number of likely N-dealkylation sites (N-methyl/N-ethyl adjacent to an activating group) is 1. The van der Waals surface area contributed by atoms with Crippen molar-refractivity contribution in [3.05, 3.63) is 60.2 Å². The molecule has 1 atom stereocenters. The summed E-state index contributed by atoms with van der Waals surface area (Å²) in [6.07, 6.45) is 1.96. The van der Waals surface area contributed by atoms with E-state index < -0.39 is 10.0 Å². The summed E-state index contributed by atoms with van der Waals surface area (Å²) in [7, 11) is -1.80. The van der Waals surface area contributed by atoms with Crippen molar-refractivity contribution in [2.45, 2.75) is 23.8 Å². The van der Waals surface area contributed by atoms with Crippen molar-refractivity contribution in [2.75, 3.05) is 24.9 Å². The second-order valence-electron chi connectivity index (χ2n) is 6.35. The van der Waals surface area contributed by atoms with E-state index in [2.05, 4.69) is 10.0 Å². The summed E-state index contributed by atoms with van der Waals surface area (Å²) in [6, 6.07) is 15.0. The molecule has 1 unspecified atom stereocenters. The van der Waals surface area contributed by atoms with Gasteiger partial charge in [0.25, 0.3) is 15.9 Å². The highest BCUT2D eigenvalue weighted by molar-refractivity contribution is 7.92. The molecule has 2 N–H and O–H groups in total. The number of nitrogens with zero attached hydrogens (tertiary/aromatic N) is 1. The molecule has 1 fully saturated rings. The Balaban J connectivity index is 1.79. The molecule has 2 aromatic rings. The largest absolute Gasteiger partial charge is 0.334 e. The number of likely N-dealkylation sites (tertiary alicyclic amines) is 1. The Morgan fingerprint density at radius 1 is 1.15 bits per heavy atom. The highest BCUT2D eigenvalue weighted by Gasteiger charge is 2.29. The SMILES string of the molecule is CNCC1CCCN1C(=O)c1cccc(NS(=O)(=O)c2ccccc2)c1. The minimum absolute atomic E-state index is 0.0662. The van der Waals surface area contributed by atoms with Crippen molar-refractivity contribution in [2.24, 2.45) is 0 Å². The summed E-state index contributed by atoms with van der Waals surface area (Å²) >= 11 is 0. The number of hydrogen-bond donors (Lipinski definition) is 2. The van der Waals surface area contributed by atoms with Gasteiger partial charge in [0.1, 0.15) is 0 Å². The van der Waals surface area contributed by atoms with Gasteiger partial charge in [-0.05, 0) is 50.2 Å². The van der Waals surface area contributed by atoms with Crippen molar-refractivity contribution < 1.29 is 13.2 Å². The van der Waals surface area contributed by atoms with Gasteiger partial charge in [0.15, 0.2) is 0 Å². The predicted molar refractivity (Wildman–Crippen MR) is 102 cm³/mol. The van der Waals surface area contributed by atoms with Gasteiger partial charge in [0.05, 0.1) is 4.90 Å². The van der Waals surface area contributed by atoms with Gasteiger partial charge in [0, 0.05) is 30.4 Å². The standard InChI is InChI=1S/C19H23N3O3S/c1-20-14-17-9-6-12-22(17)19(23)15-7-5-8-16(13-15)21-26(24,25)18-10-3-2-4-11-18/h2-5,7-8,10-11,13,17,20-21H,6,9,12,14H2,1H3. The number of benzene rings is 2. The molecule has 3 rings (SSSR count). The maximum atomic E-state index is 12.8. The molecular formula is C19H23N3O3S. The number of carbonyl (C=O) groups is 1. The topological polar surface area (TPSA) is 78.5 Å². The maximum Gasteiger partial charge on any atom is 0.261 e. The molecule has 0 aliphatic carbocycles. The average Bonchev–Trinajstić information content (AvgIpc) is 3.10. The van der Waals surface area contributed by atoms with Crippen LogP contribution in [0.1, 0.15) is 23.2 Å². The number of carbonyl (C=O) groups excluding carboxylic acids is 1. The van der Waals surface area contributed by atoms with Crippen LogP contribution in [0.3, 0.4) is 0 Å². The molecule has 0 aromatic heterocycles. The van der Waals surface area contributed by atoms with Crippen LogP contribution >= 0.6 is 0 Å². The molecule has 26 heavy (non-hydrogen) atoms. The van der Waals surface area contributed by atoms with E-state index >= 15 is 0 Å². The molecule has 0 radical (unpaired) electrons. The molecule has 7 heteroatoms. The zero-order valence-electron chi connectivity index (χ0n) is 14.7. The molecule has 138 valence electrons. The van der Waals surface area contributed by atoms with Gasteiger partial charge in [0.2, 0.25) is 0 Å². The Kier molecular flexibility index (Phi) is 5.58. The molecule has 0 saturated carbocycles. The first-order valence-electron chi connectivity index (χ1n) is 8.65. The maximum absolute atomic E-state index is 12.8. The lowest BCUT2D eigenvalue weighted by atomic mass is 10.1. The van der Waals surface area contributed by atoms with E-state index in [4.69, 9.17) is 0 Å². The number of sulfonamides is 1. The van der Waals surface area contributed by atoms with E-state index in [-0.39, 0.29) is 16.8 Å². The summed E-state index contributed by atoms with van der Waals surface area (Å²) in [4.78, 5) is 14.9. The highest BCUT2D eigenvalue weighted by atomic mass is 32.2. The minimum atomic E-state index is -3.68. The predicted octanol–water partition coefficient (Wildman–Crippen LogP) is 2.31. The first-order chi connectivity index (χ1) is 12.5. The lowest BCUT2D eigenvalue weighted by Gasteiger charge is -2.24. The number of amides is 1. The van der Waals surface area contributed by atoms with Gasteiger partial charge in [-0.15, -0.1) is 0 Å². The van der Waals surface area contributed by atoms with E-state index in [1.165, 1.54) is 12.1 Å². The van der Waals surface area contributed by atoms with Crippen molar-refractivity contribution >= 4 is 21.6 Å². The van der Waals surface area contributed by atoms with Crippen LogP contribution in [0, 0.1) is 0 Å². The average molecular weight is 373 g/mol. The van der Waals surface area contributed by atoms with Gasteiger partial charge in [-0.25, -0.2) is 8.42 Å². The van der Waals surface area contributed by atoms with Crippen LogP contribution in [0.5, 0.6) is 0 Å². The van der Waals surface area contributed by atoms with E-state index in [0.29, 0.717) is 11.3 Å². The lowest BCUT2D eigenvalue weighted by molar-refractivity contribution is 0.0737. The van der Waals surface area contributed by atoms with Gasteiger partial charge in [-0.1, -0.05) is 24.3 Å². The van der Waals surface area contributed by atoms with Crippen LogP contribution in [-0.4, -0.2) is 45.4 Å². The van der Waals surface area contributed by atoms with E-state index in [1.807, 2.05) is 11.9 Å². The van der Waals surface area contributed by atoms with Crippen LogP contribution in [0.25, 0.3) is 0 Å². The Morgan fingerprint density at radius 3 is 2.65 bits per heavy atom. The first kappa shape index (κ1) is 18.4. The summed E-state index contributed by atoms with van der Waals surface area (Å²) in [5, 5.41) is 3.12. The number of anilines is 1. The quantitative estimate of drug-likeness (QED) is 0.814. The normalized spacial score (nSPS) is 17.3. The number of rotatable bonds is 6. The highest BCUT2D eigenvalue weighted by Crippen LogP contribution is 2.22. The third-order valence-corrected chi connectivity index (χ3v) is 5.89. The molecule has 1 heterocycles. The van der Waals surface area contributed by atoms with Gasteiger partial charge in [-0.3, -0.25) is 9.52 Å². The zero-order chi connectivity index (χ0) is 18.6. The van der Waals surface area contributed by atoms with E-state index in [0.717, 1.165) is 25.9 Å². The van der Waals surface area contributed by atoms with Crippen LogP contribution in [0.15, 0.2) is 59.5 Å².